The molecule has 4 rings (SSSR count). The number of anilines is 1. The van der Waals surface area contributed by atoms with Crippen LogP contribution in [0.15, 0.2) is 18.2 Å². The van der Waals surface area contributed by atoms with E-state index in [1.807, 2.05) is 0 Å². The van der Waals surface area contributed by atoms with Crippen LogP contribution in [-0.4, -0.2) is 33.8 Å². The van der Waals surface area contributed by atoms with Crippen LogP contribution in [-0.2, 0) is 11.0 Å². The van der Waals surface area contributed by atoms with E-state index >= 15 is 0 Å². The molecule has 1 aromatic rings. The van der Waals surface area contributed by atoms with Crippen molar-refractivity contribution in [3.8, 4) is 0 Å². The number of alkyl halides is 3. The van der Waals surface area contributed by atoms with E-state index in [1.165, 1.54) is 4.90 Å². The van der Waals surface area contributed by atoms with Crippen molar-refractivity contribution in [2.24, 2.45) is 5.92 Å². The number of piperidine rings is 1. The number of imide groups is 1. The van der Waals surface area contributed by atoms with Gasteiger partial charge in [-0.25, -0.2) is 9.69 Å². The summed E-state index contributed by atoms with van der Waals surface area (Å²) >= 11 is 0. The predicted octanol–water partition coefficient (Wildman–Crippen LogP) is 2.93. The Kier molecular flexibility index (Phi) is 3.13. The van der Waals surface area contributed by atoms with Gasteiger partial charge in [-0.1, -0.05) is 0 Å². The summed E-state index contributed by atoms with van der Waals surface area (Å²) in [5.41, 5.74) is -2.89. The van der Waals surface area contributed by atoms with Crippen LogP contribution in [0, 0.1) is 16.0 Å². The van der Waals surface area contributed by atoms with Crippen LogP contribution in [0.3, 0.4) is 0 Å². The zero-order valence-electron chi connectivity index (χ0n) is 12.7. The van der Waals surface area contributed by atoms with Crippen LogP contribution in [0.1, 0.15) is 24.8 Å². The van der Waals surface area contributed by atoms with Gasteiger partial charge in [-0.3, -0.25) is 14.9 Å². The topological polar surface area (TPSA) is 83.8 Å². The largest absolute Gasteiger partial charge is 0.423 e. The molecule has 3 fully saturated rings. The van der Waals surface area contributed by atoms with Crippen molar-refractivity contribution >= 4 is 23.3 Å². The normalized spacial score (nSPS) is 28.0. The number of nitro groups is 1. The zero-order chi connectivity index (χ0) is 18.1. The van der Waals surface area contributed by atoms with E-state index < -0.39 is 40.3 Å². The van der Waals surface area contributed by atoms with E-state index in [0.717, 1.165) is 25.3 Å². The van der Waals surface area contributed by atoms with Crippen molar-refractivity contribution in [1.29, 1.82) is 0 Å². The average molecular weight is 355 g/mol. The highest BCUT2D eigenvalue weighted by molar-refractivity contribution is 6.22. The summed E-state index contributed by atoms with van der Waals surface area (Å²) in [4.78, 5) is 37.1. The Morgan fingerprint density at radius 1 is 1.20 bits per heavy atom. The number of halogens is 3. The molecule has 0 radical (unpaired) electrons. The number of carbonyl (C=O) groups is 2. The number of hydrogen-bond acceptors (Lipinski definition) is 4. The average Bonchev–Trinajstić information content (AvgIpc) is 3.20. The van der Waals surface area contributed by atoms with E-state index in [2.05, 4.69) is 0 Å². The molecule has 3 amide bonds. The molecule has 0 spiro atoms. The van der Waals surface area contributed by atoms with E-state index in [1.54, 1.807) is 0 Å². The molecule has 25 heavy (non-hydrogen) atoms. The lowest BCUT2D eigenvalue weighted by Gasteiger charge is -2.25. The quantitative estimate of drug-likeness (QED) is 0.464. The fourth-order valence-corrected chi connectivity index (χ4v) is 4.21. The molecule has 2 saturated heterocycles. The van der Waals surface area contributed by atoms with Gasteiger partial charge in [0, 0.05) is 12.1 Å². The van der Waals surface area contributed by atoms with Gasteiger partial charge in [0.15, 0.2) is 0 Å². The van der Waals surface area contributed by atoms with Gasteiger partial charge in [0.25, 0.3) is 11.6 Å². The van der Waals surface area contributed by atoms with Crippen LogP contribution < -0.4 is 4.90 Å². The number of carbonyl (C=O) groups excluding carboxylic acids is 2. The lowest BCUT2D eigenvalue weighted by Crippen LogP contribution is -2.40. The number of nitrogens with zero attached hydrogens (tertiary/aromatic N) is 3. The van der Waals surface area contributed by atoms with Crippen molar-refractivity contribution in [2.45, 2.75) is 37.5 Å². The number of nitro benzene ring substituents is 1. The molecule has 0 N–H and O–H groups in total. The number of amides is 3. The molecule has 1 saturated carbocycles. The second-order valence-corrected chi connectivity index (χ2v) is 6.49. The Hall–Kier alpha value is -2.65. The summed E-state index contributed by atoms with van der Waals surface area (Å²) in [6.45, 7) is 0. The molecule has 7 nitrogen and oxygen atoms in total. The molecule has 0 aromatic heterocycles. The van der Waals surface area contributed by atoms with Crippen molar-refractivity contribution in [2.75, 3.05) is 4.90 Å². The van der Waals surface area contributed by atoms with Gasteiger partial charge in [-0.15, -0.1) is 0 Å². The second kappa shape index (κ2) is 4.93. The van der Waals surface area contributed by atoms with Crippen molar-refractivity contribution in [1.82, 2.24) is 4.90 Å². The third-order valence-electron chi connectivity index (χ3n) is 5.21. The lowest BCUT2D eigenvalue weighted by atomic mass is 9.99. The molecule has 132 valence electrons. The molecule has 2 bridgehead atoms. The third-order valence-corrected chi connectivity index (χ3v) is 5.21. The van der Waals surface area contributed by atoms with Crippen molar-refractivity contribution < 1.29 is 27.7 Å². The molecule has 2 unspecified atom stereocenters. The SMILES string of the molecule is O=C1C2C3CC[C@H](C3)N2C(=O)N1c1ccc([N+](=O)[O-])c(C(F)(F)F)c1. The van der Waals surface area contributed by atoms with Crippen LogP contribution in [0.4, 0.5) is 29.3 Å². The first kappa shape index (κ1) is 15.9. The molecule has 1 aliphatic carbocycles. The Labute approximate surface area is 139 Å². The summed E-state index contributed by atoms with van der Waals surface area (Å²) in [6, 6.07) is 0.846. The minimum atomic E-state index is -4.97. The maximum atomic E-state index is 13.1. The number of urea groups is 1. The van der Waals surface area contributed by atoms with E-state index in [4.69, 9.17) is 0 Å². The number of hydrogen-bond donors (Lipinski definition) is 0. The Bertz CT molecular complexity index is 782. The second-order valence-electron chi connectivity index (χ2n) is 6.49. The fraction of sp³-hybridized carbons (Fsp3) is 0.467. The van der Waals surface area contributed by atoms with Crippen LogP contribution in [0.25, 0.3) is 0 Å². The monoisotopic (exact) mass is 355 g/mol. The summed E-state index contributed by atoms with van der Waals surface area (Å²) < 4.78 is 39.4. The van der Waals surface area contributed by atoms with Gasteiger partial charge < -0.3 is 4.90 Å². The van der Waals surface area contributed by atoms with E-state index in [-0.39, 0.29) is 17.6 Å². The van der Waals surface area contributed by atoms with Gasteiger partial charge in [0.2, 0.25) is 0 Å². The molecule has 3 atom stereocenters. The standard InChI is InChI=1S/C15H12F3N3O4/c16-15(17,18)10-6-9(3-4-11(10)21(24)25)20-13(22)12-7-1-2-8(5-7)19(12)14(20)23/h3-4,6-8,12H,1-2,5H2/t7?,8-,12?/m1/s1. The van der Waals surface area contributed by atoms with E-state index in [0.29, 0.717) is 17.0 Å². The number of fused-ring (bicyclic) bond motifs is 5. The van der Waals surface area contributed by atoms with Crippen LogP contribution in [0.2, 0.25) is 0 Å². The molecule has 2 heterocycles. The van der Waals surface area contributed by atoms with Gasteiger partial charge in [0.1, 0.15) is 11.6 Å². The minimum Gasteiger partial charge on any atom is -0.309 e. The first-order valence-electron chi connectivity index (χ1n) is 7.72. The smallest absolute Gasteiger partial charge is 0.309 e. The van der Waals surface area contributed by atoms with Crippen molar-refractivity contribution in [3.05, 3.63) is 33.9 Å². The highest BCUT2D eigenvalue weighted by Crippen LogP contribution is 2.48. The summed E-state index contributed by atoms with van der Waals surface area (Å²) in [5, 5.41) is 10.8. The Morgan fingerprint density at radius 2 is 1.92 bits per heavy atom. The lowest BCUT2D eigenvalue weighted by molar-refractivity contribution is -0.388. The summed E-state index contributed by atoms with van der Waals surface area (Å²) in [6.07, 6.45) is -2.64. The van der Waals surface area contributed by atoms with Gasteiger partial charge in [-0.2, -0.15) is 13.2 Å². The summed E-state index contributed by atoms with van der Waals surface area (Å²) in [5.74, 6) is -0.522. The number of benzene rings is 1. The fourth-order valence-electron chi connectivity index (χ4n) is 4.21. The highest BCUT2D eigenvalue weighted by atomic mass is 19.4. The Morgan fingerprint density at radius 3 is 2.52 bits per heavy atom. The molecular weight excluding hydrogens is 343 g/mol. The van der Waals surface area contributed by atoms with Crippen molar-refractivity contribution in [3.63, 3.8) is 0 Å². The molecule has 3 aliphatic rings. The minimum absolute atomic E-state index is 0.0339. The van der Waals surface area contributed by atoms with E-state index in [9.17, 15) is 32.9 Å². The third kappa shape index (κ3) is 2.12. The number of rotatable bonds is 2. The van der Waals surface area contributed by atoms with Gasteiger partial charge in [-0.05, 0) is 37.3 Å². The summed E-state index contributed by atoms with van der Waals surface area (Å²) in [7, 11) is 0. The molecule has 1 aromatic carbocycles. The maximum Gasteiger partial charge on any atom is 0.423 e. The molecule has 10 heteroatoms. The zero-order valence-corrected chi connectivity index (χ0v) is 12.7. The maximum absolute atomic E-state index is 13.1. The predicted molar refractivity (Wildman–Crippen MR) is 77.7 cm³/mol. The molecule has 2 aliphatic heterocycles. The van der Waals surface area contributed by atoms with Crippen LogP contribution >= 0.6 is 0 Å². The Balaban J connectivity index is 1.77. The first-order chi connectivity index (χ1) is 11.7. The van der Waals surface area contributed by atoms with Gasteiger partial charge in [0.05, 0.1) is 10.6 Å². The van der Waals surface area contributed by atoms with Gasteiger partial charge >= 0.3 is 12.2 Å². The highest BCUT2D eigenvalue weighted by Gasteiger charge is 2.59. The molecular formula is C15H12F3N3O4. The first-order valence-corrected chi connectivity index (χ1v) is 7.72. The van der Waals surface area contributed by atoms with Crippen LogP contribution in [0.5, 0.6) is 0 Å².